The summed E-state index contributed by atoms with van der Waals surface area (Å²) in [5, 5.41) is 2.52. The lowest BCUT2D eigenvalue weighted by Gasteiger charge is -2.25. The van der Waals surface area contributed by atoms with Gasteiger partial charge in [-0.3, -0.25) is 9.10 Å². The fourth-order valence-electron chi connectivity index (χ4n) is 3.26. The Bertz CT molecular complexity index is 1270. The molecule has 10 heteroatoms. The molecule has 172 valence electrons. The fraction of sp³-hybridized carbons (Fsp3) is 0.174. The molecule has 1 N–H and O–H groups in total. The molecule has 0 unspecified atom stereocenters. The molecule has 0 atom stereocenters. The first-order valence-corrected chi connectivity index (χ1v) is 11.5. The molecule has 0 bridgehead atoms. The van der Waals surface area contributed by atoms with Crippen LogP contribution in [0.3, 0.4) is 0 Å². The molecule has 0 saturated heterocycles. The number of hydrogen-bond donors (Lipinski definition) is 1. The smallest absolute Gasteiger partial charge is 0.264 e. The number of rotatable bonds is 7. The zero-order chi connectivity index (χ0) is 23.4. The van der Waals surface area contributed by atoms with E-state index in [1.807, 2.05) is 0 Å². The Kier molecular flexibility index (Phi) is 6.45. The van der Waals surface area contributed by atoms with Crippen LogP contribution in [0.2, 0.25) is 0 Å². The Morgan fingerprint density at radius 1 is 0.939 bits per heavy atom. The summed E-state index contributed by atoms with van der Waals surface area (Å²) >= 11 is 0. The minimum atomic E-state index is -4.25. The van der Waals surface area contributed by atoms with Gasteiger partial charge in [0.15, 0.2) is 11.5 Å². The highest BCUT2D eigenvalue weighted by molar-refractivity contribution is 7.92. The van der Waals surface area contributed by atoms with E-state index >= 15 is 0 Å². The van der Waals surface area contributed by atoms with Crippen LogP contribution in [-0.4, -0.2) is 34.1 Å². The van der Waals surface area contributed by atoms with Gasteiger partial charge in [0.05, 0.1) is 10.6 Å². The van der Waals surface area contributed by atoms with Crippen LogP contribution in [0.5, 0.6) is 11.5 Å². The number of sulfonamides is 1. The van der Waals surface area contributed by atoms with E-state index in [0.29, 0.717) is 12.4 Å². The molecule has 0 saturated carbocycles. The molecule has 1 aliphatic heterocycles. The summed E-state index contributed by atoms with van der Waals surface area (Å²) in [5.74, 6) is -1.03. The van der Waals surface area contributed by atoms with Crippen LogP contribution in [0.15, 0.2) is 71.6 Å². The number of anilines is 1. The second-order valence-corrected chi connectivity index (χ2v) is 9.02. The molecule has 7 nitrogen and oxygen atoms in total. The molecule has 0 radical (unpaired) electrons. The standard InChI is InChI=1S/C23H20F2N2O5S/c24-17-5-7-18(8-6-17)27(15-23(28)26-14-16-3-1-2-4-20(16)25)33(29,30)19-9-10-21-22(13-19)32-12-11-31-21/h1-10,13H,11-12,14-15H2,(H,26,28). The maximum atomic E-state index is 13.8. The second-order valence-electron chi connectivity index (χ2n) is 7.16. The number of carbonyl (C=O) groups excluding carboxylic acids is 1. The molecule has 1 aliphatic rings. The van der Waals surface area contributed by atoms with Crippen molar-refractivity contribution >= 4 is 21.6 Å². The molecule has 3 aromatic carbocycles. The molecular formula is C23H20F2N2O5S. The van der Waals surface area contributed by atoms with Crippen molar-refractivity contribution in [1.82, 2.24) is 5.32 Å². The van der Waals surface area contributed by atoms with Crippen molar-refractivity contribution in [2.24, 2.45) is 0 Å². The minimum absolute atomic E-state index is 0.0901. The lowest BCUT2D eigenvalue weighted by Crippen LogP contribution is -2.40. The van der Waals surface area contributed by atoms with Crippen LogP contribution >= 0.6 is 0 Å². The number of nitrogens with one attached hydrogen (secondary N) is 1. The van der Waals surface area contributed by atoms with Gasteiger partial charge >= 0.3 is 0 Å². The Hall–Kier alpha value is -3.66. The van der Waals surface area contributed by atoms with Gasteiger partial charge in [-0.15, -0.1) is 0 Å². The maximum Gasteiger partial charge on any atom is 0.264 e. The van der Waals surface area contributed by atoms with Crippen molar-refractivity contribution in [1.29, 1.82) is 0 Å². The van der Waals surface area contributed by atoms with E-state index < -0.39 is 34.1 Å². The van der Waals surface area contributed by atoms with Gasteiger partial charge in [0.1, 0.15) is 31.4 Å². The molecule has 0 spiro atoms. The average molecular weight is 474 g/mol. The zero-order valence-corrected chi connectivity index (χ0v) is 18.1. The summed E-state index contributed by atoms with van der Waals surface area (Å²) in [4.78, 5) is 12.5. The Labute approximate surface area is 189 Å². The largest absolute Gasteiger partial charge is 0.486 e. The monoisotopic (exact) mass is 474 g/mol. The summed E-state index contributed by atoms with van der Waals surface area (Å²) in [6, 6.07) is 14.8. The van der Waals surface area contributed by atoms with E-state index in [2.05, 4.69) is 5.32 Å². The first kappa shape index (κ1) is 22.5. The van der Waals surface area contributed by atoms with E-state index in [9.17, 15) is 22.0 Å². The van der Waals surface area contributed by atoms with Crippen molar-refractivity contribution in [2.75, 3.05) is 24.1 Å². The number of amides is 1. The number of benzene rings is 3. The first-order chi connectivity index (χ1) is 15.8. The van der Waals surface area contributed by atoms with E-state index in [4.69, 9.17) is 9.47 Å². The molecule has 0 fully saturated rings. The Morgan fingerprint density at radius 2 is 1.64 bits per heavy atom. The minimum Gasteiger partial charge on any atom is -0.486 e. The average Bonchev–Trinajstić information content (AvgIpc) is 2.82. The van der Waals surface area contributed by atoms with E-state index in [1.165, 1.54) is 48.5 Å². The highest BCUT2D eigenvalue weighted by atomic mass is 32.2. The molecule has 1 heterocycles. The predicted molar refractivity (Wildman–Crippen MR) is 117 cm³/mol. The third-order valence-electron chi connectivity index (χ3n) is 4.94. The van der Waals surface area contributed by atoms with Crippen LogP contribution in [0.25, 0.3) is 0 Å². The number of ether oxygens (including phenoxy) is 2. The summed E-state index contributed by atoms with van der Waals surface area (Å²) in [7, 11) is -4.25. The van der Waals surface area contributed by atoms with Crippen LogP contribution in [-0.2, 0) is 21.4 Å². The molecule has 4 rings (SSSR count). The van der Waals surface area contributed by atoms with Crippen LogP contribution in [0.4, 0.5) is 14.5 Å². The van der Waals surface area contributed by atoms with Crippen molar-refractivity contribution in [3.63, 3.8) is 0 Å². The second kappa shape index (κ2) is 9.45. The number of carbonyl (C=O) groups is 1. The van der Waals surface area contributed by atoms with Crippen molar-refractivity contribution < 1.29 is 31.5 Å². The molecule has 3 aromatic rings. The SMILES string of the molecule is O=C(CN(c1ccc(F)cc1)S(=O)(=O)c1ccc2c(c1)OCCO2)NCc1ccccc1F. The topological polar surface area (TPSA) is 84.9 Å². The molecule has 0 aliphatic carbocycles. The molecule has 0 aromatic heterocycles. The number of halogens is 2. The van der Waals surface area contributed by atoms with E-state index in [-0.39, 0.29) is 35.0 Å². The lowest BCUT2D eigenvalue weighted by molar-refractivity contribution is -0.119. The number of hydrogen-bond acceptors (Lipinski definition) is 5. The van der Waals surface area contributed by atoms with Crippen molar-refractivity contribution in [3.05, 3.63) is 83.9 Å². The predicted octanol–water partition coefficient (Wildman–Crippen LogP) is 3.25. The van der Waals surface area contributed by atoms with Gasteiger partial charge in [0, 0.05) is 18.2 Å². The highest BCUT2D eigenvalue weighted by Gasteiger charge is 2.29. The molecular weight excluding hydrogens is 454 g/mol. The van der Waals surface area contributed by atoms with Gasteiger partial charge in [-0.2, -0.15) is 0 Å². The highest BCUT2D eigenvalue weighted by Crippen LogP contribution is 2.34. The van der Waals surface area contributed by atoms with Crippen LogP contribution in [0.1, 0.15) is 5.56 Å². The van der Waals surface area contributed by atoms with Crippen molar-refractivity contribution in [2.45, 2.75) is 11.4 Å². The molecule has 1 amide bonds. The summed E-state index contributed by atoms with van der Waals surface area (Å²) in [6.45, 7) is -0.0939. The summed E-state index contributed by atoms with van der Waals surface area (Å²) in [5.41, 5.74) is 0.348. The summed E-state index contributed by atoms with van der Waals surface area (Å²) in [6.07, 6.45) is 0. The van der Waals surface area contributed by atoms with Gasteiger partial charge in [-0.1, -0.05) is 18.2 Å². The van der Waals surface area contributed by atoms with Crippen molar-refractivity contribution in [3.8, 4) is 11.5 Å². The van der Waals surface area contributed by atoms with Gasteiger partial charge < -0.3 is 14.8 Å². The quantitative estimate of drug-likeness (QED) is 0.568. The normalized spacial score (nSPS) is 12.8. The Balaban J connectivity index is 1.61. The van der Waals surface area contributed by atoms with Gasteiger partial charge in [-0.05, 0) is 42.5 Å². The van der Waals surface area contributed by atoms with E-state index in [1.54, 1.807) is 6.07 Å². The van der Waals surface area contributed by atoms with Crippen LogP contribution < -0.4 is 19.1 Å². The van der Waals surface area contributed by atoms with Gasteiger partial charge in [0.2, 0.25) is 5.91 Å². The van der Waals surface area contributed by atoms with Gasteiger partial charge in [0.25, 0.3) is 10.0 Å². The van der Waals surface area contributed by atoms with Crippen LogP contribution in [0, 0.1) is 11.6 Å². The number of fused-ring (bicyclic) bond motifs is 1. The Morgan fingerprint density at radius 3 is 2.36 bits per heavy atom. The molecule has 33 heavy (non-hydrogen) atoms. The fourth-order valence-corrected chi connectivity index (χ4v) is 4.69. The maximum absolute atomic E-state index is 13.8. The van der Waals surface area contributed by atoms with E-state index in [0.717, 1.165) is 16.4 Å². The third kappa shape index (κ3) is 5.06. The first-order valence-electron chi connectivity index (χ1n) is 10.0. The third-order valence-corrected chi connectivity index (χ3v) is 6.71. The van der Waals surface area contributed by atoms with Gasteiger partial charge in [-0.25, -0.2) is 17.2 Å². The lowest BCUT2D eigenvalue weighted by atomic mass is 10.2. The summed E-state index contributed by atoms with van der Waals surface area (Å²) < 4.78 is 66.0. The number of nitrogens with zero attached hydrogens (tertiary/aromatic N) is 1. The zero-order valence-electron chi connectivity index (χ0n) is 17.3.